The smallest absolute Gasteiger partial charge is 0.257 e. The number of nitrogens with one attached hydrogen (secondary N) is 1. The Kier molecular flexibility index (Phi) is 6.81. The summed E-state index contributed by atoms with van der Waals surface area (Å²) in [6.45, 7) is 0.516. The predicted molar refractivity (Wildman–Crippen MR) is 150 cm³/mol. The largest absolute Gasteiger partial charge is 0.383 e. The molecule has 0 saturated heterocycles. The molecule has 0 spiro atoms. The Morgan fingerprint density at radius 1 is 0.973 bits per heavy atom. The molecule has 5 aromatic rings. The van der Waals surface area contributed by atoms with E-state index in [1.807, 2.05) is 85.7 Å². The molecule has 2 aromatic heterocycles. The van der Waals surface area contributed by atoms with E-state index in [0.29, 0.717) is 28.7 Å². The predicted octanol–water partition coefficient (Wildman–Crippen LogP) is 4.48. The van der Waals surface area contributed by atoms with E-state index < -0.39 is 0 Å². The first-order valence-corrected chi connectivity index (χ1v) is 12.2. The fourth-order valence-corrected chi connectivity index (χ4v) is 4.20. The fraction of sp³-hybridized carbons (Fsp3) is 0.172. The van der Waals surface area contributed by atoms with Gasteiger partial charge in [0.1, 0.15) is 16.9 Å². The number of benzene rings is 3. The average molecular weight is 492 g/mol. The highest BCUT2D eigenvalue weighted by Crippen LogP contribution is 2.28. The standard InChI is InChI=1S/C29H29N7O/c1-35(2)22-16-14-21(15-17-22)19-32-36-27(30)25(26-28(36)34-24-13-7-6-12-23(24)33-26)29(37)31-18-8-11-20-9-4-3-5-10-20/h3-7,9-10,12-17,19H,8,11,18,30H2,1-2H3,(H,31,37)/b32-19-. The molecule has 0 fully saturated rings. The highest BCUT2D eigenvalue weighted by atomic mass is 16.1. The Labute approximate surface area is 215 Å². The Hall–Kier alpha value is -4.72. The van der Waals surface area contributed by atoms with Crippen LogP contribution >= 0.6 is 0 Å². The van der Waals surface area contributed by atoms with Crippen LogP contribution in [0.1, 0.15) is 27.9 Å². The maximum atomic E-state index is 13.3. The van der Waals surface area contributed by atoms with Crippen LogP contribution in [0, 0.1) is 0 Å². The van der Waals surface area contributed by atoms with Gasteiger partial charge in [-0.25, -0.2) is 9.97 Å². The first-order valence-electron chi connectivity index (χ1n) is 12.2. The Morgan fingerprint density at radius 3 is 2.35 bits per heavy atom. The van der Waals surface area contributed by atoms with Crippen LogP contribution in [0.25, 0.3) is 22.2 Å². The summed E-state index contributed by atoms with van der Waals surface area (Å²) in [5, 5.41) is 7.59. The molecule has 8 nitrogen and oxygen atoms in total. The number of fused-ring (bicyclic) bond motifs is 2. The molecule has 37 heavy (non-hydrogen) atoms. The van der Waals surface area contributed by atoms with Gasteiger partial charge in [0, 0.05) is 26.3 Å². The molecule has 0 aliphatic rings. The molecule has 3 aromatic carbocycles. The molecule has 186 valence electrons. The number of carbonyl (C=O) groups excluding carboxylic acids is 1. The zero-order chi connectivity index (χ0) is 25.8. The molecule has 2 heterocycles. The number of nitrogens with zero attached hydrogens (tertiary/aromatic N) is 5. The minimum Gasteiger partial charge on any atom is -0.383 e. The molecule has 0 bridgehead atoms. The zero-order valence-corrected chi connectivity index (χ0v) is 20.9. The number of hydrogen-bond acceptors (Lipinski definition) is 6. The van der Waals surface area contributed by atoms with Gasteiger partial charge in [0.2, 0.25) is 0 Å². The van der Waals surface area contributed by atoms with Crippen LogP contribution in [0.15, 0.2) is 84.0 Å². The lowest BCUT2D eigenvalue weighted by molar-refractivity contribution is 0.0955. The summed E-state index contributed by atoms with van der Waals surface area (Å²) in [7, 11) is 3.99. The Morgan fingerprint density at radius 2 is 1.65 bits per heavy atom. The maximum Gasteiger partial charge on any atom is 0.257 e. The van der Waals surface area contributed by atoms with Crippen LogP contribution in [-0.2, 0) is 6.42 Å². The molecule has 0 radical (unpaired) electrons. The molecular weight excluding hydrogens is 462 g/mol. The third-order valence-electron chi connectivity index (χ3n) is 6.20. The third kappa shape index (κ3) is 5.13. The Balaban J connectivity index is 1.46. The molecule has 0 aliphatic heterocycles. The first kappa shape index (κ1) is 24.0. The van der Waals surface area contributed by atoms with E-state index in [4.69, 9.17) is 15.7 Å². The summed E-state index contributed by atoms with van der Waals surface area (Å²) < 4.78 is 1.49. The van der Waals surface area contributed by atoms with Crippen LogP contribution < -0.4 is 16.0 Å². The number of amides is 1. The molecule has 1 amide bonds. The number of aryl methyl sites for hydroxylation is 1. The van der Waals surface area contributed by atoms with Crippen LogP contribution in [0.5, 0.6) is 0 Å². The number of nitrogen functional groups attached to an aromatic ring is 1. The summed E-state index contributed by atoms with van der Waals surface area (Å²) in [5.41, 5.74) is 12.3. The first-order chi connectivity index (χ1) is 18.0. The van der Waals surface area contributed by atoms with Crippen LogP contribution in [0.4, 0.5) is 11.5 Å². The molecule has 3 N–H and O–H groups in total. The minimum atomic E-state index is -0.288. The van der Waals surface area contributed by atoms with Crippen molar-refractivity contribution in [1.82, 2.24) is 20.0 Å². The van der Waals surface area contributed by atoms with Crippen molar-refractivity contribution in [1.29, 1.82) is 0 Å². The lowest BCUT2D eigenvalue weighted by Crippen LogP contribution is -2.25. The van der Waals surface area contributed by atoms with Crippen molar-refractivity contribution in [2.24, 2.45) is 5.10 Å². The van der Waals surface area contributed by atoms with E-state index in [-0.39, 0.29) is 17.3 Å². The number of nitrogens with two attached hydrogens (primary N) is 1. The maximum absolute atomic E-state index is 13.3. The number of hydrogen-bond donors (Lipinski definition) is 2. The number of anilines is 2. The van der Waals surface area contributed by atoms with Gasteiger partial charge in [-0.3, -0.25) is 4.79 Å². The zero-order valence-electron chi connectivity index (χ0n) is 20.9. The monoisotopic (exact) mass is 491 g/mol. The normalized spacial score (nSPS) is 11.4. The van der Waals surface area contributed by atoms with Gasteiger partial charge in [-0.15, -0.1) is 0 Å². The number of rotatable bonds is 8. The second kappa shape index (κ2) is 10.5. The van der Waals surface area contributed by atoms with Gasteiger partial charge in [0.05, 0.1) is 17.2 Å². The second-order valence-corrected chi connectivity index (χ2v) is 9.03. The minimum absolute atomic E-state index is 0.201. The topological polar surface area (TPSA) is 101 Å². The van der Waals surface area contributed by atoms with E-state index >= 15 is 0 Å². The van der Waals surface area contributed by atoms with Crippen molar-refractivity contribution in [2.45, 2.75) is 12.8 Å². The molecular formula is C29H29N7O. The molecule has 0 atom stereocenters. The summed E-state index contributed by atoms with van der Waals surface area (Å²) in [6, 6.07) is 25.7. The van der Waals surface area contributed by atoms with E-state index in [9.17, 15) is 4.79 Å². The summed E-state index contributed by atoms with van der Waals surface area (Å²) >= 11 is 0. The number of carbonyl (C=O) groups is 1. The molecule has 0 saturated carbocycles. The van der Waals surface area contributed by atoms with Crippen molar-refractivity contribution in [3.63, 3.8) is 0 Å². The van der Waals surface area contributed by atoms with Gasteiger partial charge >= 0.3 is 0 Å². The van der Waals surface area contributed by atoms with Gasteiger partial charge in [0.25, 0.3) is 5.91 Å². The van der Waals surface area contributed by atoms with Crippen molar-refractivity contribution >= 4 is 45.8 Å². The summed E-state index contributed by atoms with van der Waals surface area (Å²) in [6.07, 6.45) is 3.39. The SMILES string of the molecule is CN(C)c1ccc(/C=N\n2c(N)c(C(=O)NCCCc3ccccc3)c3nc4ccccc4nc32)cc1. The highest BCUT2D eigenvalue weighted by molar-refractivity contribution is 6.10. The number of aromatic nitrogens is 3. The summed E-state index contributed by atoms with van der Waals surface area (Å²) in [5.74, 6) is -0.0866. The van der Waals surface area contributed by atoms with E-state index in [0.717, 1.165) is 24.1 Å². The molecule has 5 rings (SSSR count). The Bertz CT molecular complexity index is 1570. The van der Waals surface area contributed by atoms with Gasteiger partial charge in [-0.2, -0.15) is 9.78 Å². The van der Waals surface area contributed by atoms with Gasteiger partial charge < -0.3 is 16.0 Å². The van der Waals surface area contributed by atoms with E-state index in [1.54, 1.807) is 6.21 Å². The molecule has 8 heteroatoms. The number of para-hydroxylation sites is 2. The van der Waals surface area contributed by atoms with Gasteiger partial charge in [0.15, 0.2) is 5.65 Å². The lowest BCUT2D eigenvalue weighted by Gasteiger charge is -2.11. The van der Waals surface area contributed by atoms with Crippen LogP contribution in [-0.4, -0.2) is 47.4 Å². The van der Waals surface area contributed by atoms with Crippen molar-refractivity contribution < 1.29 is 4.79 Å². The van der Waals surface area contributed by atoms with Gasteiger partial charge in [-0.05, 0) is 48.2 Å². The second-order valence-electron chi connectivity index (χ2n) is 9.03. The average Bonchev–Trinajstić information content (AvgIpc) is 3.19. The molecule has 0 aliphatic carbocycles. The lowest BCUT2D eigenvalue weighted by atomic mass is 10.1. The molecule has 0 unspecified atom stereocenters. The van der Waals surface area contributed by atoms with E-state index in [2.05, 4.69) is 22.6 Å². The van der Waals surface area contributed by atoms with Crippen molar-refractivity contribution in [3.8, 4) is 0 Å². The quantitative estimate of drug-likeness (QED) is 0.246. The van der Waals surface area contributed by atoms with Crippen molar-refractivity contribution in [2.75, 3.05) is 31.3 Å². The third-order valence-corrected chi connectivity index (χ3v) is 6.20. The highest BCUT2D eigenvalue weighted by Gasteiger charge is 2.23. The van der Waals surface area contributed by atoms with E-state index in [1.165, 1.54) is 10.2 Å². The van der Waals surface area contributed by atoms with Gasteiger partial charge in [-0.1, -0.05) is 54.6 Å². The van der Waals surface area contributed by atoms with Crippen LogP contribution in [0.3, 0.4) is 0 Å². The van der Waals surface area contributed by atoms with Crippen LogP contribution in [0.2, 0.25) is 0 Å². The van der Waals surface area contributed by atoms with Crippen molar-refractivity contribution in [3.05, 3.63) is 95.6 Å². The fourth-order valence-electron chi connectivity index (χ4n) is 4.20. The summed E-state index contributed by atoms with van der Waals surface area (Å²) in [4.78, 5) is 24.8.